The Morgan fingerprint density at radius 3 is 2.54 bits per heavy atom. The highest BCUT2D eigenvalue weighted by molar-refractivity contribution is 5.89. The van der Waals surface area contributed by atoms with E-state index >= 15 is 0 Å². The third-order valence-electron chi connectivity index (χ3n) is 4.92. The molecule has 0 bridgehead atoms. The molecule has 1 aromatic rings. The predicted molar refractivity (Wildman–Crippen MR) is 95.7 cm³/mol. The van der Waals surface area contributed by atoms with E-state index in [1.807, 2.05) is 0 Å². The summed E-state index contributed by atoms with van der Waals surface area (Å²) in [6, 6.07) is 0.791. The van der Waals surface area contributed by atoms with Crippen LogP contribution in [0.2, 0.25) is 0 Å². The fourth-order valence-corrected chi connectivity index (χ4v) is 3.49. The van der Waals surface area contributed by atoms with E-state index in [0.717, 1.165) is 12.8 Å². The van der Waals surface area contributed by atoms with Crippen LogP contribution >= 0.6 is 0 Å². The topological polar surface area (TPSA) is 99.9 Å². The van der Waals surface area contributed by atoms with Crippen molar-refractivity contribution in [2.24, 2.45) is 5.92 Å². The van der Waals surface area contributed by atoms with Crippen molar-refractivity contribution in [2.75, 3.05) is 7.05 Å². The van der Waals surface area contributed by atoms with Crippen molar-refractivity contribution >= 4 is 17.8 Å². The summed E-state index contributed by atoms with van der Waals surface area (Å²) < 4.78 is 5.40. The van der Waals surface area contributed by atoms with Crippen molar-refractivity contribution in [3.8, 4) is 0 Å². The van der Waals surface area contributed by atoms with Crippen molar-refractivity contribution in [2.45, 2.75) is 65.0 Å². The van der Waals surface area contributed by atoms with Gasteiger partial charge in [0.05, 0.1) is 6.54 Å². The maximum Gasteiger partial charge on any atom is 0.339 e. The van der Waals surface area contributed by atoms with Gasteiger partial charge in [-0.05, 0) is 38.7 Å². The number of carboxylic acids is 1. The summed E-state index contributed by atoms with van der Waals surface area (Å²) >= 11 is 0. The Hall–Kier alpha value is -2.31. The third kappa shape index (κ3) is 5.34. The number of carboxylic acid groups (broad SMARTS) is 1. The van der Waals surface area contributed by atoms with E-state index in [9.17, 15) is 14.4 Å². The van der Waals surface area contributed by atoms with Gasteiger partial charge >= 0.3 is 5.97 Å². The van der Waals surface area contributed by atoms with Crippen molar-refractivity contribution in [1.82, 2.24) is 10.2 Å². The molecule has 0 spiro atoms. The summed E-state index contributed by atoms with van der Waals surface area (Å²) in [5.74, 6) is -0.265. The summed E-state index contributed by atoms with van der Waals surface area (Å²) in [7, 11) is 1.60. The number of amides is 2. The van der Waals surface area contributed by atoms with Gasteiger partial charge in [-0.25, -0.2) is 4.79 Å². The molecule has 1 aliphatic carbocycles. The molecule has 1 unspecified atom stereocenters. The van der Waals surface area contributed by atoms with Crippen LogP contribution in [0.1, 0.15) is 67.3 Å². The fourth-order valence-electron chi connectivity index (χ4n) is 3.49. The standard InChI is InChI=1S/C19H28N2O5/c1-12(20-17(22)9-14-7-5-4-6-8-14)18(23)21(3)11-15-10-16(19(24)25)13(2)26-15/h10,12,14H,4-9,11H2,1-3H3,(H,20,22)(H,24,25). The van der Waals surface area contributed by atoms with Crippen LogP contribution in [0.5, 0.6) is 0 Å². The molecule has 0 aromatic carbocycles. The number of furan rings is 1. The Morgan fingerprint density at radius 2 is 1.96 bits per heavy atom. The van der Waals surface area contributed by atoms with Gasteiger partial charge in [0.2, 0.25) is 11.8 Å². The molecule has 144 valence electrons. The molecule has 1 aromatic heterocycles. The second kappa shape index (κ2) is 8.87. The molecule has 1 aliphatic rings. The molecule has 1 fully saturated rings. The summed E-state index contributed by atoms with van der Waals surface area (Å²) in [4.78, 5) is 37.1. The summed E-state index contributed by atoms with van der Waals surface area (Å²) in [6.45, 7) is 3.38. The highest BCUT2D eigenvalue weighted by Gasteiger charge is 2.23. The largest absolute Gasteiger partial charge is 0.478 e. The lowest BCUT2D eigenvalue weighted by Crippen LogP contribution is -2.45. The lowest BCUT2D eigenvalue weighted by Gasteiger charge is -2.24. The summed E-state index contributed by atoms with van der Waals surface area (Å²) in [5, 5.41) is 11.8. The number of aryl methyl sites for hydroxylation is 1. The molecular weight excluding hydrogens is 336 g/mol. The van der Waals surface area contributed by atoms with E-state index in [4.69, 9.17) is 9.52 Å². The second-order valence-electron chi connectivity index (χ2n) is 7.18. The maximum absolute atomic E-state index is 12.5. The Kier molecular flexibility index (Phi) is 6.83. The number of carbonyl (C=O) groups excluding carboxylic acids is 2. The number of hydrogen-bond donors (Lipinski definition) is 2. The first-order valence-electron chi connectivity index (χ1n) is 9.15. The van der Waals surface area contributed by atoms with E-state index in [1.165, 1.54) is 30.2 Å². The quantitative estimate of drug-likeness (QED) is 0.775. The van der Waals surface area contributed by atoms with Crippen molar-refractivity contribution in [3.63, 3.8) is 0 Å². The van der Waals surface area contributed by atoms with Gasteiger partial charge < -0.3 is 19.7 Å². The van der Waals surface area contributed by atoms with Crippen LogP contribution in [-0.2, 0) is 16.1 Å². The highest BCUT2D eigenvalue weighted by atomic mass is 16.4. The van der Waals surface area contributed by atoms with Crippen LogP contribution in [0.3, 0.4) is 0 Å². The Bertz CT molecular complexity index is 661. The molecule has 2 N–H and O–H groups in total. The average molecular weight is 364 g/mol. The molecule has 1 heterocycles. The first kappa shape index (κ1) is 20.0. The molecule has 7 heteroatoms. The number of rotatable bonds is 7. The van der Waals surface area contributed by atoms with Crippen molar-refractivity contribution < 1.29 is 23.9 Å². The smallest absolute Gasteiger partial charge is 0.339 e. The van der Waals surface area contributed by atoms with Crippen LogP contribution < -0.4 is 5.32 Å². The maximum atomic E-state index is 12.5. The minimum atomic E-state index is -1.06. The van der Waals surface area contributed by atoms with Crippen LogP contribution in [0.25, 0.3) is 0 Å². The molecule has 0 aliphatic heterocycles. The minimum Gasteiger partial charge on any atom is -0.478 e. The van der Waals surface area contributed by atoms with Crippen LogP contribution in [0.4, 0.5) is 0 Å². The molecule has 0 radical (unpaired) electrons. The van der Waals surface area contributed by atoms with Gasteiger partial charge in [-0.3, -0.25) is 9.59 Å². The second-order valence-corrected chi connectivity index (χ2v) is 7.18. The molecule has 2 rings (SSSR count). The van der Waals surface area contributed by atoms with Gasteiger partial charge in [0.15, 0.2) is 0 Å². The van der Waals surface area contributed by atoms with E-state index in [2.05, 4.69) is 5.32 Å². The molecule has 1 atom stereocenters. The monoisotopic (exact) mass is 364 g/mol. The van der Waals surface area contributed by atoms with E-state index in [1.54, 1.807) is 20.9 Å². The minimum absolute atomic E-state index is 0.0897. The Morgan fingerprint density at radius 1 is 1.31 bits per heavy atom. The zero-order chi connectivity index (χ0) is 19.3. The average Bonchev–Trinajstić information content (AvgIpc) is 2.95. The number of likely N-dealkylation sites (N-methyl/N-ethyl adjacent to an activating group) is 1. The third-order valence-corrected chi connectivity index (χ3v) is 4.92. The van der Waals surface area contributed by atoms with Gasteiger partial charge in [0, 0.05) is 13.5 Å². The first-order valence-corrected chi connectivity index (χ1v) is 9.15. The normalized spacial score (nSPS) is 16.1. The Labute approximate surface area is 153 Å². The molecule has 1 saturated carbocycles. The lowest BCUT2D eigenvalue weighted by atomic mass is 9.87. The lowest BCUT2D eigenvalue weighted by molar-refractivity contribution is -0.135. The highest BCUT2D eigenvalue weighted by Crippen LogP contribution is 2.26. The van der Waals surface area contributed by atoms with E-state index in [0.29, 0.717) is 23.9 Å². The zero-order valence-corrected chi connectivity index (χ0v) is 15.7. The van der Waals surface area contributed by atoms with Gasteiger partial charge in [0.1, 0.15) is 23.1 Å². The van der Waals surface area contributed by atoms with E-state index < -0.39 is 12.0 Å². The number of nitrogens with one attached hydrogen (secondary N) is 1. The SMILES string of the molecule is Cc1oc(CN(C)C(=O)C(C)NC(=O)CC2CCCCC2)cc1C(=O)O. The molecule has 26 heavy (non-hydrogen) atoms. The van der Waals surface area contributed by atoms with Gasteiger partial charge in [-0.2, -0.15) is 0 Å². The molecule has 2 amide bonds. The zero-order valence-electron chi connectivity index (χ0n) is 15.7. The summed E-state index contributed by atoms with van der Waals surface area (Å²) in [5.41, 5.74) is 0.0923. The van der Waals surface area contributed by atoms with E-state index in [-0.39, 0.29) is 23.9 Å². The molecule has 0 saturated heterocycles. The number of carbonyl (C=O) groups is 3. The predicted octanol–water partition coefficient (Wildman–Crippen LogP) is 2.72. The van der Waals surface area contributed by atoms with Crippen LogP contribution in [-0.4, -0.2) is 40.9 Å². The number of nitrogens with zero attached hydrogens (tertiary/aromatic N) is 1. The summed E-state index contributed by atoms with van der Waals surface area (Å²) in [6.07, 6.45) is 6.24. The van der Waals surface area contributed by atoms with Crippen molar-refractivity contribution in [3.05, 3.63) is 23.2 Å². The first-order chi connectivity index (χ1) is 12.3. The number of hydrogen-bond acceptors (Lipinski definition) is 4. The van der Waals surface area contributed by atoms with Gasteiger partial charge in [-0.15, -0.1) is 0 Å². The van der Waals surface area contributed by atoms with Crippen LogP contribution in [0.15, 0.2) is 10.5 Å². The fraction of sp³-hybridized carbons (Fsp3) is 0.632. The van der Waals surface area contributed by atoms with Gasteiger partial charge in [-0.1, -0.05) is 19.3 Å². The van der Waals surface area contributed by atoms with Crippen molar-refractivity contribution in [1.29, 1.82) is 0 Å². The van der Waals surface area contributed by atoms with Crippen LogP contribution in [0, 0.1) is 12.8 Å². The van der Waals surface area contributed by atoms with Gasteiger partial charge in [0.25, 0.3) is 0 Å². The Balaban J connectivity index is 1.85. The molecule has 7 nitrogen and oxygen atoms in total. The molecular formula is C19H28N2O5. The number of aromatic carboxylic acids is 1.